The lowest BCUT2D eigenvalue weighted by Gasteiger charge is -2.16. The highest BCUT2D eigenvalue weighted by molar-refractivity contribution is 9.10. The number of nitrogens with zero attached hydrogens (tertiary/aromatic N) is 1. The number of aromatic nitrogens is 1. The SMILES string of the molecule is CCCCCCCC(NN)c1cncc(Br)c1. The van der Waals surface area contributed by atoms with Gasteiger partial charge in [-0.2, -0.15) is 0 Å². The van der Waals surface area contributed by atoms with Crippen LogP contribution in [0.5, 0.6) is 0 Å². The summed E-state index contributed by atoms with van der Waals surface area (Å²) in [4.78, 5) is 4.17. The molecule has 0 aromatic carbocycles. The number of hydrogen-bond acceptors (Lipinski definition) is 3. The van der Waals surface area contributed by atoms with Crippen molar-refractivity contribution in [2.45, 2.75) is 51.5 Å². The van der Waals surface area contributed by atoms with Crippen LogP contribution in [0.2, 0.25) is 0 Å². The average molecular weight is 300 g/mol. The lowest BCUT2D eigenvalue weighted by Crippen LogP contribution is -2.28. The molecule has 4 heteroatoms. The van der Waals surface area contributed by atoms with Crippen LogP contribution in [0, 0.1) is 0 Å². The number of halogens is 1. The van der Waals surface area contributed by atoms with Gasteiger partial charge in [-0.3, -0.25) is 16.3 Å². The molecule has 1 aromatic heterocycles. The monoisotopic (exact) mass is 299 g/mol. The van der Waals surface area contributed by atoms with Gasteiger partial charge in [-0.1, -0.05) is 39.0 Å². The summed E-state index contributed by atoms with van der Waals surface area (Å²) in [6.07, 6.45) is 11.2. The number of hydrazine groups is 1. The Morgan fingerprint density at radius 1 is 1.29 bits per heavy atom. The first-order valence-electron chi connectivity index (χ1n) is 6.34. The normalized spacial score (nSPS) is 12.6. The topological polar surface area (TPSA) is 50.9 Å². The highest BCUT2D eigenvalue weighted by Gasteiger charge is 2.09. The van der Waals surface area contributed by atoms with E-state index in [2.05, 4.69) is 39.3 Å². The van der Waals surface area contributed by atoms with Crippen molar-refractivity contribution in [3.8, 4) is 0 Å². The van der Waals surface area contributed by atoms with E-state index in [1.54, 1.807) is 6.20 Å². The Bertz CT molecular complexity index is 317. The Hall–Kier alpha value is -0.450. The standard InChI is InChI=1S/C13H22BrN3/c1-2-3-4-5-6-7-13(17-15)11-8-12(14)10-16-9-11/h8-10,13,17H,2-7,15H2,1H3. The van der Waals surface area contributed by atoms with Gasteiger partial charge in [0, 0.05) is 22.9 Å². The minimum Gasteiger partial charge on any atom is -0.271 e. The smallest absolute Gasteiger partial charge is 0.0475 e. The van der Waals surface area contributed by atoms with Gasteiger partial charge in [0.05, 0.1) is 0 Å². The van der Waals surface area contributed by atoms with E-state index >= 15 is 0 Å². The molecule has 0 spiro atoms. The molecule has 0 aliphatic rings. The van der Waals surface area contributed by atoms with Crippen LogP contribution in [0.25, 0.3) is 0 Å². The summed E-state index contributed by atoms with van der Waals surface area (Å²) in [6.45, 7) is 2.23. The number of unbranched alkanes of at least 4 members (excludes halogenated alkanes) is 4. The zero-order chi connectivity index (χ0) is 12.5. The Labute approximate surface area is 112 Å². The maximum atomic E-state index is 5.60. The molecule has 0 amide bonds. The third-order valence-corrected chi connectivity index (χ3v) is 3.36. The molecule has 1 unspecified atom stereocenters. The maximum absolute atomic E-state index is 5.60. The molecule has 0 saturated carbocycles. The molecule has 1 heterocycles. The van der Waals surface area contributed by atoms with Crippen molar-refractivity contribution in [2.24, 2.45) is 5.84 Å². The maximum Gasteiger partial charge on any atom is 0.0475 e. The first kappa shape index (κ1) is 14.6. The van der Waals surface area contributed by atoms with Crippen LogP contribution in [0.1, 0.15) is 57.1 Å². The second-order valence-electron chi connectivity index (χ2n) is 4.36. The van der Waals surface area contributed by atoms with Gasteiger partial charge in [0.15, 0.2) is 0 Å². The second kappa shape index (κ2) is 8.61. The van der Waals surface area contributed by atoms with Crippen molar-refractivity contribution >= 4 is 15.9 Å². The van der Waals surface area contributed by atoms with Gasteiger partial charge in [-0.15, -0.1) is 0 Å². The predicted molar refractivity (Wildman–Crippen MR) is 75.4 cm³/mol. The molecule has 0 radical (unpaired) electrons. The van der Waals surface area contributed by atoms with E-state index in [0.717, 1.165) is 16.5 Å². The van der Waals surface area contributed by atoms with E-state index in [4.69, 9.17) is 5.84 Å². The van der Waals surface area contributed by atoms with Crippen LogP contribution in [-0.4, -0.2) is 4.98 Å². The Morgan fingerprint density at radius 3 is 2.71 bits per heavy atom. The van der Waals surface area contributed by atoms with E-state index in [0.29, 0.717) is 0 Å². The fourth-order valence-electron chi connectivity index (χ4n) is 1.92. The lowest BCUT2D eigenvalue weighted by atomic mass is 10.0. The fourth-order valence-corrected chi connectivity index (χ4v) is 2.30. The summed E-state index contributed by atoms with van der Waals surface area (Å²) in [5, 5.41) is 0. The zero-order valence-electron chi connectivity index (χ0n) is 10.5. The number of nitrogens with two attached hydrogens (primary N) is 1. The van der Waals surface area contributed by atoms with Crippen LogP contribution < -0.4 is 11.3 Å². The number of pyridine rings is 1. The van der Waals surface area contributed by atoms with Crippen LogP contribution in [0.15, 0.2) is 22.9 Å². The summed E-state index contributed by atoms with van der Waals surface area (Å²) in [6, 6.07) is 2.28. The first-order chi connectivity index (χ1) is 8.27. The van der Waals surface area contributed by atoms with Crippen molar-refractivity contribution in [1.29, 1.82) is 0 Å². The average Bonchev–Trinajstić information content (AvgIpc) is 2.34. The molecule has 0 saturated heterocycles. The van der Waals surface area contributed by atoms with Gasteiger partial charge >= 0.3 is 0 Å². The van der Waals surface area contributed by atoms with E-state index < -0.39 is 0 Å². The van der Waals surface area contributed by atoms with Crippen LogP contribution >= 0.6 is 15.9 Å². The Morgan fingerprint density at radius 2 is 2.06 bits per heavy atom. The van der Waals surface area contributed by atoms with E-state index in [9.17, 15) is 0 Å². The quantitative estimate of drug-likeness (QED) is 0.437. The summed E-state index contributed by atoms with van der Waals surface area (Å²) >= 11 is 3.43. The number of hydrogen-bond donors (Lipinski definition) is 2. The van der Waals surface area contributed by atoms with Crippen molar-refractivity contribution in [2.75, 3.05) is 0 Å². The minimum absolute atomic E-state index is 0.210. The molecule has 0 bridgehead atoms. The molecule has 3 N–H and O–H groups in total. The molecule has 1 atom stereocenters. The van der Waals surface area contributed by atoms with Gasteiger partial charge in [0.25, 0.3) is 0 Å². The second-order valence-corrected chi connectivity index (χ2v) is 5.27. The fraction of sp³-hybridized carbons (Fsp3) is 0.615. The van der Waals surface area contributed by atoms with Gasteiger partial charge in [0.1, 0.15) is 0 Å². The molecule has 1 aromatic rings. The summed E-state index contributed by atoms with van der Waals surface area (Å²) in [7, 11) is 0. The molecule has 96 valence electrons. The summed E-state index contributed by atoms with van der Waals surface area (Å²) < 4.78 is 1.00. The molecule has 0 aliphatic heterocycles. The lowest BCUT2D eigenvalue weighted by molar-refractivity contribution is 0.478. The van der Waals surface area contributed by atoms with E-state index in [1.165, 1.54) is 32.1 Å². The Balaban J connectivity index is 2.38. The van der Waals surface area contributed by atoms with Crippen LogP contribution in [0.3, 0.4) is 0 Å². The first-order valence-corrected chi connectivity index (χ1v) is 7.13. The third kappa shape index (κ3) is 5.61. The molecule has 3 nitrogen and oxygen atoms in total. The van der Waals surface area contributed by atoms with Gasteiger partial charge < -0.3 is 0 Å². The van der Waals surface area contributed by atoms with Crippen molar-refractivity contribution < 1.29 is 0 Å². The molecular formula is C13H22BrN3. The van der Waals surface area contributed by atoms with Gasteiger partial charge in [0.2, 0.25) is 0 Å². The summed E-state index contributed by atoms with van der Waals surface area (Å²) in [5.41, 5.74) is 4.03. The number of rotatable bonds is 8. The van der Waals surface area contributed by atoms with Crippen LogP contribution in [0.4, 0.5) is 0 Å². The molecular weight excluding hydrogens is 278 g/mol. The highest BCUT2D eigenvalue weighted by Crippen LogP contribution is 2.21. The molecule has 0 fully saturated rings. The minimum atomic E-state index is 0.210. The molecule has 17 heavy (non-hydrogen) atoms. The summed E-state index contributed by atoms with van der Waals surface area (Å²) in [5.74, 6) is 5.60. The largest absolute Gasteiger partial charge is 0.271 e. The van der Waals surface area contributed by atoms with Crippen molar-refractivity contribution in [3.63, 3.8) is 0 Å². The predicted octanol–water partition coefficient (Wildman–Crippen LogP) is 3.71. The van der Waals surface area contributed by atoms with E-state index in [-0.39, 0.29) is 6.04 Å². The highest BCUT2D eigenvalue weighted by atomic mass is 79.9. The van der Waals surface area contributed by atoms with E-state index in [1.807, 2.05) is 6.20 Å². The van der Waals surface area contributed by atoms with Gasteiger partial charge in [-0.05, 0) is 34.0 Å². The number of nitrogens with one attached hydrogen (secondary N) is 1. The molecule has 0 aliphatic carbocycles. The van der Waals surface area contributed by atoms with Crippen LogP contribution in [-0.2, 0) is 0 Å². The van der Waals surface area contributed by atoms with Crippen molar-refractivity contribution in [1.82, 2.24) is 10.4 Å². The Kier molecular flexibility index (Phi) is 7.40. The third-order valence-electron chi connectivity index (χ3n) is 2.93. The zero-order valence-corrected chi connectivity index (χ0v) is 12.0. The van der Waals surface area contributed by atoms with Crippen molar-refractivity contribution in [3.05, 3.63) is 28.5 Å². The molecule has 1 rings (SSSR count). The van der Waals surface area contributed by atoms with Gasteiger partial charge in [-0.25, -0.2) is 0 Å².